The average Bonchev–Trinajstić information content (AvgIpc) is 2.81. The van der Waals surface area contributed by atoms with Crippen LogP contribution in [0.5, 0.6) is 0 Å². The Morgan fingerprint density at radius 1 is 1.35 bits per heavy atom. The Hall–Kier alpha value is -0.800. The van der Waals surface area contributed by atoms with Gasteiger partial charge in [0.05, 0.1) is 6.10 Å². The number of hydrogen-bond donors (Lipinski definition) is 1. The van der Waals surface area contributed by atoms with Gasteiger partial charge in [0, 0.05) is 36.7 Å². The van der Waals surface area contributed by atoms with Crippen molar-refractivity contribution in [3.05, 3.63) is 23.5 Å². The number of aromatic nitrogens is 1. The molecule has 3 nitrogen and oxygen atoms in total. The molecule has 0 aromatic carbocycles. The first kappa shape index (κ1) is 14.2. The number of rotatable bonds is 2. The Labute approximate surface area is 121 Å². The summed E-state index contributed by atoms with van der Waals surface area (Å²) in [6.45, 7) is 8.63. The number of aliphatic hydroxyl groups excluding tert-OH is 1. The number of hydrogen-bond acceptors (Lipinski definition) is 2. The minimum Gasteiger partial charge on any atom is -0.388 e. The lowest BCUT2D eigenvalue weighted by Crippen LogP contribution is -2.30. The van der Waals surface area contributed by atoms with Gasteiger partial charge in [-0.05, 0) is 50.0 Å². The molecular weight excluding hydrogens is 250 g/mol. The van der Waals surface area contributed by atoms with Gasteiger partial charge < -0.3 is 14.4 Å². The molecular formula is C17H27NO2. The Morgan fingerprint density at radius 3 is 2.75 bits per heavy atom. The summed E-state index contributed by atoms with van der Waals surface area (Å²) in [5.74, 6) is 0.697. The van der Waals surface area contributed by atoms with Gasteiger partial charge in [0.2, 0.25) is 0 Å². The molecule has 112 valence electrons. The van der Waals surface area contributed by atoms with Crippen LogP contribution >= 0.6 is 0 Å². The number of aliphatic hydroxyl groups is 1. The van der Waals surface area contributed by atoms with Crippen molar-refractivity contribution in [1.82, 2.24) is 4.57 Å². The Bertz CT molecular complexity index is 471. The third kappa shape index (κ3) is 2.53. The van der Waals surface area contributed by atoms with Gasteiger partial charge >= 0.3 is 0 Å². The molecule has 0 radical (unpaired) electrons. The van der Waals surface area contributed by atoms with E-state index in [0.717, 1.165) is 44.5 Å². The highest BCUT2D eigenvalue weighted by molar-refractivity contribution is 5.29. The second-order valence-electron chi connectivity index (χ2n) is 7.38. The predicted octanol–water partition coefficient (Wildman–Crippen LogP) is 3.48. The van der Waals surface area contributed by atoms with Gasteiger partial charge in [0.25, 0.3) is 0 Å². The Balaban J connectivity index is 1.88. The Morgan fingerprint density at radius 2 is 2.05 bits per heavy atom. The summed E-state index contributed by atoms with van der Waals surface area (Å²) < 4.78 is 7.91. The smallest absolute Gasteiger partial charge is 0.0812 e. The fourth-order valence-electron chi connectivity index (χ4n) is 3.96. The summed E-state index contributed by atoms with van der Waals surface area (Å²) in [6.07, 6.45) is 6.14. The first-order chi connectivity index (χ1) is 9.48. The first-order valence-electron chi connectivity index (χ1n) is 7.93. The number of nitrogens with zero attached hydrogens (tertiary/aromatic N) is 1. The minimum absolute atomic E-state index is 0.192. The van der Waals surface area contributed by atoms with E-state index in [0.29, 0.717) is 12.0 Å². The van der Waals surface area contributed by atoms with Crippen LogP contribution in [0.15, 0.2) is 12.3 Å². The first-order valence-corrected chi connectivity index (χ1v) is 7.93. The lowest BCUT2D eigenvalue weighted by atomic mass is 9.75. The van der Waals surface area contributed by atoms with Gasteiger partial charge in [-0.3, -0.25) is 0 Å². The quantitative estimate of drug-likeness (QED) is 0.898. The van der Waals surface area contributed by atoms with Gasteiger partial charge in [-0.2, -0.15) is 0 Å². The van der Waals surface area contributed by atoms with E-state index in [-0.39, 0.29) is 11.5 Å². The van der Waals surface area contributed by atoms with Crippen molar-refractivity contribution in [2.24, 2.45) is 11.3 Å². The molecule has 1 fully saturated rings. The van der Waals surface area contributed by atoms with Crippen molar-refractivity contribution in [1.29, 1.82) is 0 Å². The van der Waals surface area contributed by atoms with Gasteiger partial charge in [-0.25, -0.2) is 0 Å². The maximum Gasteiger partial charge on any atom is 0.0812 e. The van der Waals surface area contributed by atoms with Crippen molar-refractivity contribution < 1.29 is 9.84 Å². The molecule has 1 saturated heterocycles. The molecule has 3 heteroatoms. The van der Waals surface area contributed by atoms with Crippen LogP contribution in [0.4, 0.5) is 0 Å². The van der Waals surface area contributed by atoms with Crippen molar-refractivity contribution >= 4 is 0 Å². The third-order valence-electron chi connectivity index (χ3n) is 5.20. The molecule has 2 unspecified atom stereocenters. The molecule has 0 saturated carbocycles. The largest absolute Gasteiger partial charge is 0.388 e. The zero-order valence-electron chi connectivity index (χ0n) is 12.9. The Kier molecular flexibility index (Phi) is 3.67. The number of fused-ring (bicyclic) bond motifs is 1. The van der Waals surface area contributed by atoms with E-state index in [1.807, 2.05) is 0 Å². The molecule has 3 rings (SSSR count). The summed E-state index contributed by atoms with van der Waals surface area (Å²) >= 11 is 0. The van der Waals surface area contributed by atoms with Crippen LogP contribution in [0.25, 0.3) is 0 Å². The summed E-state index contributed by atoms with van der Waals surface area (Å²) in [7, 11) is 0. The monoisotopic (exact) mass is 277 g/mol. The van der Waals surface area contributed by atoms with E-state index in [4.69, 9.17) is 4.74 Å². The average molecular weight is 277 g/mol. The fraction of sp³-hybridized carbons (Fsp3) is 0.765. The molecule has 0 bridgehead atoms. The highest BCUT2D eigenvalue weighted by Crippen LogP contribution is 2.43. The van der Waals surface area contributed by atoms with Crippen LogP contribution in [0.3, 0.4) is 0 Å². The van der Waals surface area contributed by atoms with E-state index in [2.05, 4.69) is 37.6 Å². The van der Waals surface area contributed by atoms with Gasteiger partial charge in [-0.15, -0.1) is 0 Å². The molecule has 2 aliphatic rings. The molecule has 2 heterocycles. The molecule has 1 aromatic rings. The fourth-order valence-corrected chi connectivity index (χ4v) is 3.96. The van der Waals surface area contributed by atoms with E-state index in [1.54, 1.807) is 0 Å². The third-order valence-corrected chi connectivity index (χ3v) is 5.20. The summed E-state index contributed by atoms with van der Waals surface area (Å²) in [5, 5.41) is 10.4. The summed E-state index contributed by atoms with van der Waals surface area (Å²) in [6, 6.07) is 2.63. The molecule has 0 spiro atoms. The van der Waals surface area contributed by atoms with Crippen LogP contribution < -0.4 is 0 Å². The summed E-state index contributed by atoms with van der Waals surface area (Å²) in [5.41, 5.74) is 2.70. The second kappa shape index (κ2) is 5.19. The molecule has 1 aliphatic carbocycles. The van der Waals surface area contributed by atoms with Crippen LogP contribution in [0, 0.1) is 11.3 Å². The zero-order chi connectivity index (χ0) is 14.3. The van der Waals surface area contributed by atoms with Gasteiger partial charge in [0.15, 0.2) is 0 Å². The van der Waals surface area contributed by atoms with E-state index >= 15 is 0 Å². The summed E-state index contributed by atoms with van der Waals surface area (Å²) in [4.78, 5) is 0. The minimum atomic E-state index is -0.295. The molecule has 2 atom stereocenters. The highest BCUT2D eigenvalue weighted by Gasteiger charge is 2.34. The lowest BCUT2D eigenvalue weighted by molar-refractivity contribution is 0.0497. The van der Waals surface area contributed by atoms with Gasteiger partial charge in [0.1, 0.15) is 0 Å². The highest BCUT2D eigenvalue weighted by atomic mass is 16.5. The SMILES string of the molecule is CC(C1CCOCC1)n1ccc2c1CC(C)(C)CC2O. The number of ether oxygens (including phenoxy) is 1. The topological polar surface area (TPSA) is 34.4 Å². The standard InChI is InChI=1S/C17H27NO2/c1-12(13-5-8-20-9-6-13)18-7-4-14-15(18)10-17(2,3)11-16(14)19/h4,7,12-13,16,19H,5-6,8-11H2,1-3H3. The maximum absolute atomic E-state index is 10.4. The zero-order valence-corrected chi connectivity index (χ0v) is 12.9. The van der Waals surface area contributed by atoms with E-state index in [9.17, 15) is 5.11 Å². The van der Waals surface area contributed by atoms with Crippen molar-refractivity contribution in [2.45, 2.75) is 58.6 Å². The van der Waals surface area contributed by atoms with Crippen molar-refractivity contribution in [3.8, 4) is 0 Å². The van der Waals surface area contributed by atoms with Crippen LogP contribution in [-0.4, -0.2) is 22.9 Å². The molecule has 1 N–H and O–H groups in total. The maximum atomic E-state index is 10.4. The van der Waals surface area contributed by atoms with Crippen LogP contribution in [-0.2, 0) is 11.2 Å². The lowest BCUT2D eigenvalue weighted by Gasteiger charge is -2.36. The van der Waals surface area contributed by atoms with E-state index in [1.165, 1.54) is 5.69 Å². The second-order valence-corrected chi connectivity index (χ2v) is 7.38. The molecule has 20 heavy (non-hydrogen) atoms. The van der Waals surface area contributed by atoms with Crippen molar-refractivity contribution in [2.75, 3.05) is 13.2 Å². The van der Waals surface area contributed by atoms with Gasteiger partial charge in [-0.1, -0.05) is 13.8 Å². The predicted molar refractivity (Wildman–Crippen MR) is 79.7 cm³/mol. The van der Waals surface area contributed by atoms with Crippen LogP contribution in [0.2, 0.25) is 0 Å². The molecule has 1 aliphatic heterocycles. The van der Waals surface area contributed by atoms with Crippen LogP contribution in [0.1, 0.15) is 63.4 Å². The van der Waals surface area contributed by atoms with Crippen molar-refractivity contribution in [3.63, 3.8) is 0 Å². The molecule has 1 aromatic heterocycles. The molecule has 0 amide bonds. The normalized spacial score (nSPS) is 28.1. The van der Waals surface area contributed by atoms with E-state index < -0.39 is 0 Å².